The first kappa shape index (κ1) is 24.5. The highest BCUT2D eigenvalue weighted by atomic mass is 16.5. The van der Waals surface area contributed by atoms with Crippen molar-refractivity contribution in [1.82, 2.24) is 19.4 Å². The Morgan fingerprint density at radius 3 is 2.54 bits per heavy atom. The van der Waals surface area contributed by atoms with Crippen molar-refractivity contribution in [2.75, 3.05) is 43.6 Å². The lowest BCUT2D eigenvalue weighted by atomic mass is 10.1. The Morgan fingerprint density at radius 1 is 1.08 bits per heavy atom. The summed E-state index contributed by atoms with van der Waals surface area (Å²) in [5, 5.41) is 2.84. The third-order valence-electron chi connectivity index (χ3n) is 6.71. The number of pyridine rings is 1. The summed E-state index contributed by atoms with van der Waals surface area (Å²) >= 11 is 0. The van der Waals surface area contributed by atoms with Crippen molar-refractivity contribution in [3.63, 3.8) is 0 Å². The van der Waals surface area contributed by atoms with E-state index < -0.39 is 0 Å². The van der Waals surface area contributed by atoms with E-state index in [4.69, 9.17) is 9.72 Å². The zero-order chi connectivity index (χ0) is 25.9. The van der Waals surface area contributed by atoms with Gasteiger partial charge in [-0.1, -0.05) is 18.2 Å². The molecule has 1 unspecified atom stereocenters. The van der Waals surface area contributed by atoms with Crippen molar-refractivity contribution in [3.8, 4) is 11.4 Å². The van der Waals surface area contributed by atoms with Gasteiger partial charge in [-0.05, 0) is 43.3 Å². The molecule has 2 aromatic carbocycles. The van der Waals surface area contributed by atoms with Crippen LogP contribution in [0.15, 0.2) is 67.0 Å². The molecule has 1 N–H and O–H groups in total. The number of methoxy groups -OCH3 is 1. The number of fused-ring (bicyclic) bond motifs is 1. The number of benzene rings is 2. The fourth-order valence-electron chi connectivity index (χ4n) is 4.96. The second-order valence-electron chi connectivity index (χ2n) is 9.23. The van der Waals surface area contributed by atoms with Crippen LogP contribution >= 0.6 is 0 Å². The number of aromatic nitrogens is 3. The van der Waals surface area contributed by atoms with E-state index >= 15 is 0 Å². The third-order valence-corrected chi connectivity index (χ3v) is 6.71. The van der Waals surface area contributed by atoms with Crippen LogP contribution in [0, 0.1) is 0 Å². The van der Waals surface area contributed by atoms with Crippen LogP contribution in [0.5, 0.6) is 0 Å². The Bertz CT molecular complexity index is 1420. The maximum atomic E-state index is 14.0. The van der Waals surface area contributed by atoms with Crippen molar-refractivity contribution in [3.05, 3.63) is 72.6 Å². The summed E-state index contributed by atoms with van der Waals surface area (Å²) in [6, 6.07) is 17.5. The van der Waals surface area contributed by atoms with Gasteiger partial charge >= 0.3 is 0 Å². The first-order chi connectivity index (χ1) is 18.0. The molecule has 0 spiro atoms. The summed E-state index contributed by atoms with van der Waals surface area (Å²) in [4.78, 5) is 39.5. The number of ether oxygens (including phenoxy) is 1. The minimum absolute atomic E-state index is 0.00357. The molecule has 37 heavy (non-hydrogen) atoms. The van der Waals surface area contributed by atoms with E-state index in [1.54, 1.807) is 24.5 Å². The number of aryl methyl sites for hydroxylation is 1. The van der Waals surface area contributed by atoms with Crippen LogP contribution < -0.4 is 10.2 Å². The van der Waals surface area contributed by atoms with Crippen LogP contribution in [0.4, 0.5) is 11.4 Å². The predicted molar refractivity (Wildman–Crippen MR) is 144 cm³/mol. The Kier molecular flexibility index (Phi) is 6.87. The molecule has 1 aliphatic heterocycles. The first-order valence-electron chi connectivity index (χ1n) is 12.3. The van der Waals surface area contributed by atoms with Crippen LogP contribution in [0.1, 0.15) is 17.3 Å². The molecule has 0 saturated carbocycles. The number of rotatable bonds is 6. The highest BCUT2D eigenvalue weighted by Gasteiger charge is 2.30. The number of carbonyl (C=O) groups is 2. The molecular formula is C28H30N6O3. The summed E-state index contributed by atoms with van der Waals surface area (Å²) < 4.78 is 6.89. The van der Waals surface area contributed by atoms with Gasteiger partial charge < -0.3 is 24.4 Å². The number of nitrogens with zero attached hydrogens (tertiary/aromatic N) is 5. The predicted octanol–water partition coefficient (Wildman–Crippen LogP) is 3.57. The fraction of sp³-hybridized carbons (Fsp3) is 0.286. The van der Waals surface area contributed by atoms with E-state index in [1.165, 1.54) is 7.11 Å². The molecule has 1 atom stereocenters. The van der Waals surface area contributed by atoms with Crippen LogP contribution in [-0.4, -0.2) is 70.6 Å². The van der Waals surface area contributed by atoms with E-state index in [2.05, 4.69) is 34.3 Å². The molecule has 2 aromatic heterocycles. The topological polar surface area (TPSA) is 92.6 Å². The molecule has 0 radical (unpaired) electrons. The van der Waals surface area contributed by atoms with E-state index in [0.717, 1.165) is 29.9 Å². The van der Waals surface area contributed by atoms with Gasteiger partial charge in [0, 0.05) is 69.2 Å². The second kappa shape index (κ2) is 10.4. The van der Waals surface area contributed by atoms with Gasteiger partial charge in [-0.15, -0.1) is 0 Å². The summed E-state index contributed by atoms with van der Waals surface area (Å²) in [7, 11) is 3.37. The van der Waals surface area contributed by atoms with Crippen molar-refractivity contribution in [1.29, 1.82) is 0 Å². The highest BCUT2D eigenvalue weighted by Crippen LogP contribution is 2.31. The number of anilines is 2. The monoisotopic (exact) mass is 498 g/mol. The van der Waals surface area contributed by atoms with Gasteiger partial charge in [-0.2, -0.15) is 0 Å². The van der Waals surface area contributed by atoms with Crippen molar-refractivity contribution in [2.45, 2.75) is 13.0 Å². The number of hydrogen-bond acceptors (Lipinski definition) is 6. The molecule has 5 rings (SSSR count). The van der Waals surface area contributed by atoms with Crippen molar-refractivity contribution < 1.29 is 14.3 Å². The van der Waals surface area contributed by atoms with E-state index in [9.17, 15) is 9.59 Å². The van der Waals surface area contributed by atoms with E-state index in [0.29, 0.717) is 29.1 Å². The quantitative estimate of drug-likeness (QED) is 0.437. The third kappa shape index (κ3) is 4.90. The number of piperazine rings is 1. The zero-order valence-corrected chi connectivity index (χ0v) is 21.2. The van der Waals surface area contributed by atoms with Gasteiger partial charge in [-0.3, -0.25) is 14.6 Å². The van der Waals surface area contributed by atoms with E-state index in [-0.39, 0.29) is 24.5 Å². The number of hydrogen-bond donors (Lipinski definition) is 1. The van der Waals surface area contributed by atoms with Gasteiger partial charge in [0.25, 0.3) is 5.91 Å². The van der Waals surface area contributed by atoms with Crippen molar-refractivity contribution >= 4 is 34.2 Å². The molecule has 190 valence electrons. The van der Waals surface area contributed by atoms with Crippen LogP contribution in [-0.2, 0) is 16.6 Å². The van der Waals surface area contributed by atoms with Crippen LogP contribution in [0.25, 0.3) is 22.4 Å². The fourth-order valence-corrected chi connectivity index (χ4v) is 4.96. The smallest absolute Gasteiger partial charge is 0.256 e. The highest BCUT2D eigenvalue weighted by molar-refractivity contribution is 6.08. The minimum atomic E-state index is -0.296. The van der Waals surface area contributed by atoms with Gasteiger partial charge in [0.15, 0.2) is 0 Å². The Labute approximate surface area is 215 Å². The molecule has 0 bridgehead atoms. The maximum Gasteiger partial charge on any atom is 0.256 e. The maximum absolute atomic E-state index is 14.0. The van der Waals surface area contributed by atoms with Gasteiger partial charge in [0.1, 0.15) is 12.4 Å². The molecule has 0 aliphatic carbocycles. The standard InChI is InChI=1S/C28H30N6O3/c1-19-17-33(22-7-5-4-6-8-22)13-14-34(19)28(36)23-15-21(30-25(35)18-37-3)16-24-26(23)32(2)27(31-24)20-9-11-29-12-10-20/h4-12,15-16,19H,13-14,17-18H2,1-3H3,(H,30,35). The number of amides is 2. The molecule has 9 heteroatoms. The summed E-state index contributed by atoms with van der Waals surface area (Å²) in [5.74, 6) is 0.335. The van der Waals surface area contributed by atoms with Gasteiger partial charge in [0.05, 0.1) is 16.6 Å². The molecule has 1 saturated heterocycles. The molecule has 9 nitrogen and oxygen atoms in total. The van der Waals surface area contributed by atoms with Gasteiger partial charge in [0.2, 0.25) is 5.91 Å². The van der Waals surface area contributed by atoms with E-state index in [1.807, 2.05) is 46.8 Å². The Balaban J connectivity index is 1.52. The number of nitrogens with one attached hydrogen (secondary N) is 1. The molecule has 1 fully saturated rings. The first-order valence-corrected chi connectivity index (χ1v) is 12.3. The van der Waals surface area contributed by atoms with Gasteiger partial charge in [-0.25, -0.2) is 4.98 Å². The summed E-state index contributed by atoms with van der Waals surface area (Å²) in [6.45, 7) is 4.05. The van der Waals surface area contributed by atoms with Crippen LogP contribution in [0.2, 0.25) is 0 Å². The molecule has 3 heterocycles. The SMILES string of the molecule is COCC(=O)Nc1cc(C(=O)N2CCN(c3ccccc3)CC2C)c2c(c1)nc(-c1ccncc1)n2C. The van der Waals surface area contributed by atoms with Crippen LogP contribution in [0.3, 0.4) is 0 Å². The average Bonchev–Trinajstić information content (AvgIpc) is 3.25. The zero-order valence-electron chi connectivity index (χ0n) is 21.2. The summed E-state index contributed by atoms with van der Waals surface area (Å²) in [6.07, 6.45) is 3.43. The number of imidazole rings is 1. The molecular weight excluding hydrogens is 468 g/mol. The van der Waals surface area contributed by atoms with Crippen molar-refractivity contribution in [2.24, 2.45) is 7.05 Å². The lowest BCUT2D eigenvalue weighted by molar-refractivity contribution is -0.119. The average molecular weight is 499 g/mol. The number of para-hydroxylation sites is 1. The lowest BCUT2D eigenvalue weighted by Crippen LogP contribution is -2.54. The second-order valence-corrected chi connectivity index (χ2v) is 9.23. The minimum Gasteiger partial charge on any atom is -0.375 e. The summed E-state index contributed by atoms with van der Waals surface area (Å²) in [5.41, 5.74) is 4.40. The largest absolute Gasteiger partial charge is 0.375 e. The Morgan fingerprint density at radius 2 is 1.84 bits per heavy atom. The Hall–Kier alpha value is -4.24. The lowest BCUT2D eigenvalue weighted by Gasteiger charge is -2.41. The molecule has 1 aliphatic rings. The normalized spacial score (nSPS) is 15.7. The molecule has 4 aromatic rings. The molecule has 2 amide bonds. The number of carbonyl (C=O) groups excluding carboxylic acids is 2.